The predicted molar refractivity (Wildman–Crippen MR) is 103 cm³/mol. The van der Waals surface area contributed by atoms with Crippen molar-refractivity contribution in [2.45, 2.75) is 13.3 Å². The lowest BCUT2D eigenvalue weighted by atomic mass is 10.1. The summed E-state index contributed by atoms with van der Waals surface area (Å²) in [6.07, 6.45) is 0.917. The van der Waals surface area contributed by atoms with Crippen LogP contribution < -0.4 is 10.4 Å². The molecule has 1 amide bonds. The third-order valence-electron chi connectivity index (χ3n) is 5.00. The summed E-state index contributed by atoms with van der Waals surface area (Å²) in [7, 11) is 0. The summed E-state index contributed by atoms with van der Waals surface area (Å²) >= 11 is 0. The van der Waals surface area contributed by atoms with Gasteiger partial charge in [-0.1, -0.05) is 18.2 Å². The molecule has 4 rings (SSSR count). The Morgan fingerprint density at radius 3 is 2.81 bits per heavy atom. The van der Waals surface area contributed by atoms with Crippen LogP contribution in [0.15, 0.2) is 63.8 Å². The van der Waals surface area contributed by atoms with Crippen molar-refractivity contribution in [2.24, 2.45) is 5.92 Å². The molecule has 1 atom stereocenters. The molecular formula is C22H21NO4. The fraction of sp³-hybridized carbons (Fsp3) is 0.273. The van der Waals surface area contributed by atoms with E-state index in [0.717, 1.165) is 29.5 Å². The van der Waals surface area contributed by atoms with E-state index >= 15 is 0 Å². The van der Waals surface area contributed by atoms with E-state index in [1.54, 1.807) is 6.07 Å². The standard InChI is InChI=1S/C22H21NO4/c1-15-11-21(24)27-20-12-18(7-8-19(15)20)26-14-16-9-10-23(13-16)22(25)17-5-3-2-4-6-17/h2-8,11-12,16H,9-10,13-14H2,1H3/t16-/m1/s1. The van der Waals surface area contributed by atoms with Crippen LogP contribution in [0.1, 0.15) is 22.3 Å². The van der Waals surface area contributed by atoms with E-state index in [4.69, 9.17) is 9.15 Å². The fourth-order valence-electron chi connectivity index (χ4n) is 3.53. The minimum Gasteiger partial charge on any atom is -0.493 e. The number of fused-ring (bicyclic) bond motifs is 1. The molecule has 27 heavy (non-hydrogen) atoms. The Morgan fingerprint density at radius 1 is 1.19 bits per heavy atom. The van der Waals surface area contributed by atoms with Crippen LogP contribution in [0.3, 0.4) is 0 Å². The van der Waals surface area contributed by atoms with Crippen molar-refractivity contribution in [3.05, 3.63) is 76.1 Å². The van der Waals surface area contributed by atoms with E-state index in [9.17, 15) is 9.59 Å². The third-order valence-corrected chi connectivity index (χ3v) is 5.00. The van der Waals surface area contributed by atoms with E-state index < -0.39 is 0 Å². The molecule has 0 bridgehead atoms. The molecule has 5 heteroatoms. The zero-order valence-electron chi connectivity index (χ0n) is 15.2. The average molecular weight is 363 g/mol. The maximum atomic E-state index is 12.5. The SMILES string of the molecule is Cc1cc(=O)oc2cc(OC[C@@H]3CCN(C(=O)c4ccccc4)C3)ccc12. The number of hydrogen-bond acceptors (Lipinski definition) is 4. The van der Waals surface area contributed by atoms with Gasteiger partial charge in [-0.25, -0.2) is 4.79 Å². The first-order valence-corrected chi connectivity index (χ1v) is 9.12. The number of ether oxygens (including phenoxy) is 1. The minimum absolute atomic E-state index is 0.0704. The molecule has 0 radical (unpaired) electrons. The lowest BCUT2D eigenvalue weighted by Crippen LogP contribution is -2.29. The third kappa shape index (κ3) is 3.72. The lowest BCUT2D eigenvalue weighted by Gasteiger charge is -2.17. The van der Waals surface area contributed by atoms with Gasteiger partial charge in [0.1, 0.15) is 11.3 Å². The summed E-state index contributed by atoms with van der Waals surface area (Å²) in [6, 6.07) is 16.4. The Morgan fingerprint density at radius 2 is 2.00 bits per heavy atom. The molecule has 0 spiro atoms. The van der Waals surface area contributed by atoms with Gasteiger partial charge in [0.2, 0.25) is 0 Å². The van der Waals surface area contributed by atoms with Crippen LogP contribution in [-0.2, 0) is 0 Å². The van der Waals surface area contributed by atoms with E-state index in [0.29, 0.717) is 24.5 Å². The maximum Gasteiger partial charge on any atom is 0.336 e. The summed E-state index contributed by atoms with van der Waals surface area (Å²) in [6.45, 7) is 3.85. The highest BCUT2D eigenvalue weighted by Gasteiger charge is 2.27. The number of carbonyl (C=O) groups is 1. The van der Waals surface area contributed by atoms with Gasteiger partial charge in [-0.05, 0) is 43.2 Å². The Balaban J connectivity index is 1.39. The zero-order valence-corrected chi connectivity index (χ0v) is 15.2. The summed E-state index contributed by atoms with van der Waals surface area (Å²) in [5.41, 5.74) is 1.78. The molecule has 3 aromatic rings. The van der Waals surface area contributed by atoms with Crippen molar-refractivity contribution >= 4 is 16.9 Å². The highest BCUT2D eigenvalue weighted by molar-refractivity contribution is 5.94. The number of nitrogens with zero attached hydrogens (tertiary/aromatic N) is 1. The molecule has 2 aromatic carbocycles. The molecule has 2 heterocycles. The number of hydrogen-bond donors (Lipinski definition) is 0. The van der Waals surface area contributed by atoms with Crippen LogP contribution in [0.5, 0.6) is 5.75 Å². The van der Waals surface area contributed by atoms with Gasteiger partial charge in [0, 0.05) is 42.1 Å². The van der Waals surface area contributed by atoms with Crippen LogP contribution >= 0.6 is 0 Å². The van der Waals surface area contributed by atoms with Crippen LogP contribution in [0, 0.1) is 12.8 Å². The second-order valence-electron chi connectivity index (χ2n) is 6.99. The molecule has 0 N–H and O–H groups in total. The van der Waals surface area contributed by atoms with Crippen LogP contribution in [0.2, 0.25) is 0 Å². The normalized spacial score (nSPS) is 16.6. The number of carbonyl (C=O) groups excluding carboxylic acids is 1. The average Bonchev–Trinajstić information content (AvgIpc) is 3.15. The highest BCUT2D eigenvalue weighted by Crippen LogP contribution is 2.24. The molecular weight excluding hydrogens is 342 g/mol. The molecule has 5 nitrogen and oxygen atoms in total. The summed E-state index contributed by atoms with van der Waals surface area (Å²) < 4.78 is 11.2. The summed E-state index contributed by atoms with van der Waals surface area (Å²) in [5, 5.41) is 0.905. The highest BCUT2D eigenvalue weighted by atomic mass is 16.5. The number of likely N-dealkylation sites (tertiary alicyclic amines) is 1. The Kier molecular flexibility index (Phi) is 4.67. The van der Waals surface area contributed by atoms with Gasteiger partial charge >= 0.3 is 5.63 Å². The number of amides is 1. The van der Waals surface area contributed by atoms with Crippen molar-refractivity contribution < 1.29 is 13.9 Å². The van der Waals surface area contributed by atoms with Gasteiger partial charge in [-0.3, -0.25) is 4.79 Å². The Labute approximate surface area is 157 Å². The van der Waals surface area contributed by atoms with Gasteiger partial charge in [0.05, 0.1) is 6.61 Å². The van der Waals surface area contributed by atoms with Crippen molar-refractivity contribution in [1.82, 2.24) is 4.90 Å². The first-order valence-electron chi connectivity index (χ1n) is 9.12. The van der Waals surface area contributed by atoms with Gasteiger partial charge < -0.3 is 14.1 Å². The van der Waals surface area contributed by atoms with E-state index in [2.05, 4.69) is 0 Å². The van der Waals surface area contributed by atoms with Gasteiger partial charge in [-0.15, -0.1) is 0 Å². The van der Waals surface area contributed by atoms with Crippen LogP contribution in [0.25, 0.3) is 11.0 Å². The van der Waals surface area contributed by atoms with Gasteiger partial charge in [0.15, 0.2) is 0 Å². The molecule has 138 valence electrons. The number of rotatable bonds is 4. The summed E-state index contributed by atoms with van der Waals surface area (Å²) in [5.74, 6) is 1.03. The van der Waals surface area contributed by atoms with E-state index in [1.165, 1.54) is 6.07 Å². The predicted octanol–water partition coefficient (Wildman–Crippen LogP) is 3.64. The lowest BCUT2D eigenvalue weighted by molar-refractivity contribution is 0.0783. The van der Waals surface area contributed by atoms with E-state index in [1.807, 2.05) is 54.3 Å². The molecule has 0 saturated carbocycles. The van der Waals surface area contributed by atoms with Crippen molar-refractivity contribution in [3.63, 3.8) is 0 Å². The second kappa shape index (κ2) is 7.27. The van der Waals surface area contributed by atoms with Gasteiger partial charge in [-0.2, -0.15) is 0 Å². The van der Waals surface area contributed by atoms with E-state index in [-0.39, 0.29) is 17.5 Å². The molecule has 1 aliphatic heterocycles. The molecule has 1 aromatic heterocycles. The first-order chi connectivity index (χ1) is 13.1. The zero-order chi connectivity index (χ0) is 18.8. The quantitative estimate of drug-likeness (QED) is 0.664. The van der Waals surface area contributed by atoms with Crippen molar-refractivity contribution in [1.29, 1.82) is 0 Å². The van der Waals surface area contributed by atoms with Crippen molar-refractivity contribution in [3.8, 4) is 5.75 Å². The van der Waals surface area contributed by atoms with Crippen LogP contribution in [-0.4, -0.2) is 30.5 Å². The Bertz CT molecular complexity index is 1030. The van der Waals surface area contributed by atoms with Crippen molar-refractivity contribution in [2.75, 3.05) is 19.7 Å². The monoisotopic (exact) mass is 363 g/mol. The molecule has 0 aliphatic carbocycles. The first kappa shape index (κ1) is 17.3. The molecule has 1 saturated heterocycles. The second-order valence-corrected chi connectivity index (χ2v) is 6.99. The molecule has 1 fully saturated rings. The topological polar surface area (TPSA) is 59.8 Å². The molecule has 0 unspecified atom stereocenters. The number of aryl methyl sites for hydroxylation is 1. The fourth-order valence-corrected chi connectivity index (χ4v) is 3.53. The Hall–Kier alpha value is -3.08. The number of benzene rings is 2. The minimum atomic E-state index is -0.358. The largest absolute Gasteiger partial charge is 0.493 e. The maximum absolute atomic E-state index is 12.5. The van der Waals surface area contributed by atoms with Crippen LogP contribution in [0.4, 0.5) is 0 Å². The molecule has 1 aliphatic rings. The summed E-state index contributed by atoms with van der Waals surface area (Å²) in [4.78, 5) is 26.0. The van der Waals surface area contributed by atoms with Gasteiger partial charge in [0.25, 0.3) is 5.91 Å². The smallest absolute Gasteiger partial charge is 0.336 e.